The molecule has 0 radical (unpaired) electrons. The average molecular weight is 179 g/mol. The van der Waals surface area contributed by atoms with Crippen molar-refractivity contribution in [2.45, 2.75) is 13.1 Å². The van der Waals surface area contributed by atoms with Crippen molar-refractivity contribution >= 4 is 0 Å². The number of halogens is 4. The Labute approximate surface area is 66.0 Å². The summed E-state index contributed by atoms with van der Waals surface area (Å²) in [5.74, 6) is -0.902. The van der Waals surface area contributed by atoms with Crippen molar-refractivity contribution in [2.24, 2.45) is 0 Å². The van der Waals surface area contributed by atoms with Crippen LogP contribution in [0.2, 0.25) is 0 Å². The quantitative estimate of drug-likeness (QED) is 0.440. The van der Waals surface area contributed by atoms with E-state index in [1.54, 1.807) is 0 Å². The Bertz CT molecular complexity index is 292. The van der Waals surface area contributed by atoms with Gasteiger partial charge in [-0.3, -0.25) is 0 Å². The Morgan fingerprint density at radius 3 is 2.33 bits per heavy atom. The van der Waals surface area contributed by atoms with E-state index in [9.17, 15) is 17.6 Å². The summed E-state index contributed by atoms with van der Waals surface area (Å²) in [7, 11) is 0. The lowest BCUT2D eigenvalue weighted by Gasteiger charge is -2.08. The zero-order valence-corrected chi connectivity index (χ0v) is 6.11. The van der Waals surface area contributed by atoms with Crippen molar-refractivity contribution < 1.29 is 17.6 Å². The van der Waals surface area contributed by atoms with Gasteiger partial charge in [-0.15, -0.1) is 0 Å². The summed E-state index contributed by atoms with van der Waals surface area (Å²) < 4.78 is 48.3. The Kier molecular flexibility index (Phi) is 2.04. The van der Waals surface area contributed by atoms with E-state index in [0.29, 0.717) is 6.20 Å². The molecule has 0 bridgehead atoms. The lowest BCUT2D eigenvalue weighted by Crippen LogP contribution is -2.08. The summed E-state index contributed by atoms with van der Waals surface area (Å²) >= 11 is 0. The molecule has 0 aliphatic heterocycles. The molecule has 1 rings (SSSR count). The van der Waals surface area contributed by atoms with Gasteiger partial charge in [0.05, 0.1) is 5.56 Å². The van der Waals surface area contributed by atoms with Crippen LogP contribution < -0.4 is 0 Å². The SMILES string of the molecule is Cc1cc(F)ncc1C(F)(F)F. The van der Waals surface area contributed by atoms with Crippen LogP contribution in [0.3, 0.4) is 0 Å². The number of rotatable bonds is 0. The van der Waals surface area contributed by atoms with Gasteiger partial charge in [0, 0.05) is 6.20 Å². The molecule has 0 aliphatic carbocycles. The van der Waals surface area contributed by atoms with E-state index in [4.69, 9.17) is 0 Å². The van der Waals surface area contributed by atoms with Crippen molar-refractivity contribution in [2.75, 3.05) is 0 Å². The first-order valence-electron chi connectivity index (χ1n) is 3.10. The summed E-state index contributed by atoms with van der Waals surface area (Å²) in [6, 6.07) is 0.753. The predicted octanol–water partition coefficient (Wildman–Crippen LogP) is 2.55. The average Bonchev–Trinajstić information content (AvgIpc) is 1.83. The third kappa shape index (κ3) is 1.72. The molecule has 0 atom stereocenters. The highest BCUT2D eigenvalue weighted by molar-refractivity contribution is 5.24. The minimum Gasteiger partial charge on any atom is -0.228 e. The number of pyridine rings is 1. The minimum atomic E-state index is -4.45. The topological polar surface area (TPSA) is 12.9 Å². The lowest BCUT2D eigenvalue weighted by molar-refractivity contribution is -0.138. The predicted molar refractivity (Wildman–Crippen MR) is 33.9 cm³/mol. The maximum absolute atomic E-state index is 12.3. The normalized spacial score (nSPS) is 11.8. The monoisotopic (exact) mass is 179 g/mol. The largest absolute Gasteiger partial charge is 0.418 e. The van der Waals surface area contributed by atoms with E-state index in [2.05, 4.69) is 4.98 Å². The third-order valence-corrected chi connectivity index (χ3v) is 1.38. The maximum Gasteiger partial charge on any atom is 0.418 e. The highest BCUT2D eigenvalue weighted by Crippen LogP contribution is 2.30. The van der Waals surface area contributed by atoms with Gasteiger partial charge in [0.25, 0.3) is 0 Å². The number of aromatic nitrogens is 1. The molecule has 0 amide bonds. The first-order chi connectivity index (χ1) is 5.41. The van der Waals surface area contributed by atoms with E-state index in [1.807, 2.05) is 0 Å². The molecule has 0 fully saturated rings. The van der Waals surface area contributed by atoms with E-state index < -0.39 is 17.7 Å². The fourth-order valence-corrected chi connectivity index (χ4v) is 0.818. The molecule has 1 heterocycles. The van der Waals surface area contributed by atoms with Gasteiger partial charge in [-0.1, -0.05) is 0 Å². The standard InChI is InChI=1S/C7H5F4N/c1-4-2-6(8)12-3-5(4)7(9,10)11/h2-3H,1H3. The first-order valence-corrected chi connectivity index (χ1v) is 3.10. The van der Waals surface area contributed by atoms with Crippen molar-refractivity contribution in [1.29, 1.82) is 0 Å². The fraction of sp³-hybridized carbons (Fsp3) is 0.286. The lowest BCUT2D eigenvalue weighted by atomic mass is 10.1. The fourth-order valence-electron chi connectivity index (χ4n) is 0.818. The van der Waals surface area contributed by atoms with Gasteiger partial charge >= 0.3 is 6.18 Å². The van der Waals surface area contributed by atoms with Crippen molar-refractivity contribution in [3.63, 3.8) is 0 Å². The van der Waals surface area contributed by atoms with Crippen LogP contribution in [-0.2, 0) is 6.18 Å². The van der Waals surface area contributed by atoms with Gasteiger partial charge in [-0.2, -0.15) is 17.6 Å². The third-order valence-electron chi connectivity index (χ3n) is 1.38. The number of nitrogens with zero attached hydrogens (tertiary/aromatic N) is 1. The van der Waals surface area contributed by atoms with Gasteiger partial charge in [-0.25, -0.2) is 4.98 Å². The van der Waals surface area contributed by atoms with E-state index >= 15 is 0 Å². The zero-order chi connectivity index (χ0) is 9.35. The second kappa shape index (κ2) is 2.73. The molecule has 0 spiro atoms. The summed E-state index contributed by atoms with van der Waals surface area (Å²) in [6.07, 6.45) is -3.96. The van der Waals surface area contributed by atoms with E-state index in [0.717, 1.165) is 6.07 Å². The van der Waals surface area contributed by atoms with Gasteiger partial charge in [0.15, 0.2) is 0 Å². The summed E-state index contributed by atoms with van der Waals surface area (Å²) in [5.41, 5.74) is -1.06. The molecule has 0 saturated carbocycles. The second-order valence-electron chi connectivity index (χ2n) is 2.32. The molecule has 1 aromatic rings. The summed E-state index contributed by atoms with van der Waals surface area (Å²) in [4.78, 5) is 2.92. The summed E-state index contributed by atoms with van der Waals surface area (Å²) in [5, 5.41) is 0. The first kappa shape index (κ1) is 8.96. The molecule has 1 aromatic heterocycles. The van der Waals surface area contributed by atoms with Gasteiger partial charge in [0.1, 0.15) is 0 Å². The highest BCUT2D eigenvalue weighted by atomic mass is 19.4. The van der Waals surface area contributed by atoms with E-state index in [-0.39, 0.29) is 5.56 Å². The van der Waals surface area contributed by atoms with E-state index in [1.165, 1.54) is 6.92 Å². The Balaban J connectivity index is 3.19. The number of hydrogen-bond donors (Lipinski definition) is 0. The number of alkyl halides is 3. The second-order valence-corrected chi connectivity index (χ2v) is 2.32. The van der Waals surface area contributed by atoms with Crippen LogP contribution >= 0.6 is 0 Å². The smallest absolute Gasteiger partial charge is 0.228 e. The Morgan fingerprint density at radius 2 is 1.92 bits per heavy atom. The Morgan fingerprint density at radius 1 is 1.33 bits per heavy atom. The van der Waals surface area contributed by atoms with Crippen molar-refractivity contribution in [3.8, 4) is 0 Å². The molecule has 0 aromatic carbocycles. The molecule has 66 valence electrons. The molecular formula is C7H5F4N. The molecule has 0 aliphatic rings. The Hall–Kier alpha value is -1.13. The van der Waals surface area contributed by atoms with Crippen LogP contribution in [0.4, 0.5) is 17.6 Å². The molecule has 0 saturated heterocycles. The van der Waals surface area contributed by atoms with Crippen LogP contribution in [0.5, 0.6) is 0 Å². The van der Waals surface area contributed by atoms with Crippen LogP contribution in [-0.4, -0.2) is 4.98 Å². The van der Waals surface area contributed by atoms with Crippen LogP contribution in [0.25, 0.3) is 0 Å². The number of hydrogen-bond acceptors (Lipinski definition) is 1. The van der Waals surface area contributed by atoms with Crippen LogP contribution in [0, 0.1) is 12.9 Å². The van der Waals surface area contributed by atoms with Crippen LogP contribution in [0.15, 0.2) is 12.3 Å². The molecule has 1 nitrogen and oxygen atoms in total. The molecule has 5 heteroatoms. The van der Waals surface area contributed by atoms with Crippen LogP contribution in [0.1, 0.15) is 11.1 Å². The molecule has 0 unspecified atom stereocenters. The van der Waals surface area contributed by atoms with Crippen molar-refractivity contribution in [3.05, 3.63) is 29.3 Å². The maximum atomic E-state index is 12.3. The molecule has 12 heavy (non-hydrogen) atoms. The molecular weight excluding hydrogens is 174 g/mol. The minimum absolute atomic E-state index is 0.157. The zero-order valence-electron chi connectivity index (χ0n) is 6.11. The number of aryl methyl sites for hydroxylation is 1. The van der Waals surface area contributed by atoms with Gasteiger partial charge in [-0.05, 0) is 18.6 Å². The van der Waals surface area contributed by atoms with Gasteiger partial charge < -0.3 is 0 Å². The summed E-state index contributed by atoms with van der Waals surface area (Å²) in [6.45, 7) is 1.19. The molecule has 0 N–H and O–H groups in total. The van der Waals surface area contributed by atoms with Gasteiger partial charge in [0.2, 0.25) is 5.95 Å². The van der Waals surface area contributed by atoms with Crippen molar-refractivity contribution in [1.82, 2.24) is 4.98 Å². The highest BCUT2D eigenvalue weighted by Gasteiger charge is 2.32.